The third-order valence-electron chi connectivity index (χ3n) is 4.31. The molecule has 3 aromatic carbocycles. The van der Waals surface area contributed by atoms with Crippen LogP contribution in [-0.2, 0) is 6.42 Å². The van der Waals surface area contributed by atoms with Gasteiger partial charge in [0.15, 0.2) is 0 Å². The van der Waals surface area contributed by atoms with Gasteiger partial charge in [0, 0.05) is 6.61 Å². The van der Waals surface area contributed by atoms with Gasteiger partial charge in [-0.3, -0.25) is 0 Å². The van der Waals surface area contributed by atoms with Crippen molar-refractivity contribution < 1.29 is 14.6 Å². The summed E-state index contributed by atoms with van der Waals surface area (Å²) in [6.45, 7) is 0.120. The maximum atomic E-state index is 9.47. The van der Waals surface area contributed by atoms with Gasteiger partial charge in [-0.2, -0.15) is 0 Å². The van der Waals surface area contributed by atoms with Gasteiger partial charge in [-0.25, -0.2) is 0 Å². The Kier molecular flexibility index (Phi) is 5.36. The number of aliphatic hydroxyl groups excluding tert-OH is 1. The molecule has 1 N–H and O–H groups in total. The van der Waals surface area contributed by atoms with Gasteiger partial charge < -0.3 is 14.6 Å². The molecule has 128 valence electrons. The number of hydrogen-bond donors (Lipinski definition) is 1. The molecule has 0 heterocycles. The Bertz CT molecular complexity index is 821. The molecule has 0 spiro atoms. The molecule has 0 aromatic heterocycles. The number of rotatable bonds is 6. The van der Waals surface area contributed by atoms with Gasteiger partial charge in [0.1, 0.15) is 11.5 Å². The van der Waals surface area contributed by atoms with Crippen molar-refractivity contribution in [1.82, 2.24) is 0 Å². The summed E-state index contributed by atoms with van der Waals surface area (Å²) in [5.74, 6) is 1.66. The molecule has 0 bridgehead atoms. The van der Waals surface area contributed by atoms with Gasteiger partial charge >= 0.3 is 0 Å². The molecule has 0 aliphatic heterocycles. The average molecular weight is 334 g/mol. The lowest BCUT2D eigenvalue weighted by Gasteiger charge is -2.16. The third kappa shape index (κ3) is 3.67. The lowest BCUT2D eigenvalue weighted by atomic mass is 9.89. The molecule has 0 saturated heterocycles. The average Bonchev–Trinajstić information content (AvgIpc) is 2.68. The zero-order valence-corrected chi connectivity index (χ0v) is 14.5. The lowest BCUT2D eigenvalue weighted by molar-refractivity contribution is 0.300. The normalized spacial score (nSPS) is 10.5. The molecule has 0 amide bonds. The van der Waals surface area contributed by atoms with E-state index < -0.39 is 0 Å². The fraction of sp³-hybridized carbons (Fsp3) is 0.182. The minimum absolute atomic E-state index is 0.120. The SMILES string of the molecule is COc1ccc(-c2cccc(CCO)c2-c2ccc(OC)cc2)cc1. The summed E-state index contributed by atoms with van der Waals surface area (Å²) in [7, 11) is 3.33. The zero-order valence-electron chi connectivity index (χ0n) is 14.5. The van der Waals surface area contributed by atoms with E-state index in [1.165, 1.54) is 0 Å². The van der Waals surface area contributed by atoms with Crippen molar-refractivity contribution in [2.75, 3.05) is 20.8 Å². The van der Waals surface area contributed by atoms with Crippen LogP contribution < -0.4 is 9.47 Å². The van der Waals surface area contributed by atoms with Crippen molar-refractivity contribution in [3.8, 4) is 33.8 Å². The molecule has 25 heavy (non-hydrogen) atoms. The topological polar surface area (TPSA) is 38.7 Å². The predicted molar refractivity (Wildman–Crippen MR) is 101 cm³/mol. The van der Waals surface area contributed by atoms with Crippen LogP contribution in [0.2, 0.25) is 0 Å². The standard InChI is InChI=1S/C22H22O3/c1-24-19-10-6-16(7-11-19)21-5-3-4-17(14-15-23)22(21)18-8-12-20(25-2)13-9-18/h3-13,23H,14-15H2,1-2H3. The maximum Gasteiger partial charge on any atom is 0.118 e. The number of aliphatic hydroxyl groups is 1. The first-order chi connectivity index (χ1) is 12.3. The highest BCUT2D eigenvalue weighted by Crippen LogP contribution is 2.36. The monoisotopic (exact) mass is 334 g/mol. The molecule has 3 rings (SSSR count). The number of ether oxygens (including phenoxy) is 2. The summed E-state index contributed by atoms with van der Waals surface area (Å²) >= 11 is 0. The fourth-order valence-corrected chi connectivity index (χ4v) is 3.04. The number of benzene rings is 3. The molecule has 3 aromatic rings. The highest BCUT2D eigenvalue weighted by Gasteiger charge is 2.12. The Labute approximate surface area is 148 Å². The summed E-state index contributed by atoms with van der Waals surface area (Å²) in [5.41, 5.74) is 5.63. The van der Waals surface area contributed by atoms with E-state index in [0.29, 0.717) is 6.42 Å². The molecular formula is C22H22O3. The van der Waals surface area contributed by atoms with Crippen LogP contribution in [0.15, 0.2) is 66.7 Å². The second kappa shape index (κ2) is 7.86. The molecule has 0 fully saturated rings. The summed E-state index contributed by atoms with van der Waals surface area (Å²) in [4.78, 5) is 0. The van der Waals surface area contributed by atoms with Crippen molar-refractivity contribution >= 4 is 0 Å². The molecule has 0 aliphatic carbocycles. The maximum absolute atomic E-state index is 9.47. The van der Waals surface area contributed by atoms with E-state index in [4.69, 9.17) is 9.47 Å². The predicted octanol–water partition coefficient (Wildman–Crippen LogP) is 4.57. The van der Waals surface area contributed by atoms with E-state index in [2.05, 4.69) is 36.4 Å². The molecule has 0 aliphatic rings. The highest BCUT2D eigenvalue weighted by atomic mass is 16.5. The van der Waals surface area contributed by atoms with Crippen molar-refractivity contribution in [1.29, 1.82) is 0 Å². The summed E-state index contributed by atoms with van der Waals surface area (Å²) in [6.07, 6.45) is 0.616. The van der Waals surface area contributed by atoms with E-state index in [1.807, 2.05) is 30.3 Å². The van der Waals surface area contributed by atoms with Crippen LogP contribution in [0.1, 0.15) is 5.56 Å². The second-order valence-corrected chi connectivity index (χ2v) is 5.77. The van der Waals surface area contributed by atoms with Crippen LogP contribution in [0.3, 0.4) is 0 Å². The minimum Gasteiger partial charge on any atom is -0.497 e. The first kappa shape index (κ1) is 17.1. The molecule has 0 unspecified atom stereocenters. The second-order valence-electron chi connectivity index (χ2n) is 5.77. The van der Waals surface area contributed by atoms with Gasteiger partial charge in [0.05, 0.1) is 14.2 Å². The molecular weight excluding hydrogens is 312 g/mol. The van der Waals surface area contributed by atoms with Gasteiger partial charge in [0.25, 0.3) is 0 Å². The number of hydrogen-bond acceptors (Lipinski definition) is 3. The van der Waals surface area contributed by atoms with E-state index >= 15 is 0 Å². The quantitative estimate of drug-likeness (QED) is 0.717. The van der Waals surface area contributed by atoms with Crippen LogP contribution in [-0.4, -0.2) is 25.9 Å². The zero-order chi connectivity index (χ0) is 17.6. The van der Waals surface area contributed by atoms with Gasteiger partial charge in [0.2, 0.25) is 0 Å². The van der Waals surface area contributed by atoms with Gasteiger partial charge in [-0.15, -0.1) is 0 Å². The smallest absolute Gasteiger partial charge is 0.118 e. The van der Waals surface area contributed by atoms with E-state index in [9.17, 15) is 5.11 Å². The minimum atomic E-state index is 0.120. The van der Waals surface area contributed by atoms with Crippen molar-refractivity contribution in [3.05, 3.63) is 72.3 Å². The lowest BCUT2D eigenvalue weighted by Crippen LogP contribution is -1.97. The third-order valence-corrected chi connectivity index (χ3v) is 4.31. The van der Waals surface area contributed by atoms with Gasteiger partial charge in [-0.05, 0) is 58.5 Å². The van der Waals surface area contributed by atoms with Crippen LogP contribution in [0.5, 0.6) is 11.5 Å². The molecule has 3 heteroatoms. The van der Waals surface area contributed by atoms with Crippen molar-refractivity contribution in [3.63, 3.8) is 0 Å². The van der Waals surface area contributed by atoms with E-state index in [-0.39, 0.29) is 6.61 Å². The van der Waals surface area contributed by atoms with E-state index in [1.54, 1.807) is 14.2 Å². The van der Waals surface area contributed by atoms with Crippen molar-refractivity contribution in [2.24, 2.45) is 0 Å². The summed E-state index contributed by atoms with van der Waals surface area (Å²) in [5, 5.41) is 9.47. The van der Waals surface area contributed by atoms with E-state index in [0.717, 1.165) is 39.3 Å². The molecule has 0 saturated carbocycles. The Balaban J connectivity index is 2.15. The summed E-state index contributed by atoms with van der Waals surface area (Å²) in [6, 6.07) is 22.3. The molecule has 0 atom stereocenters. The van der Waals surface area contributed by atoms with Crippen LogP contribution in [0.4, 0.5) is 0 Å². The Morgan fingerprint density at radius 3 is 1.80 bits per heavy atom. The number of methoxy groups -OCH3 is 2. The van der Waals surface area contributed by atoms with Gasteiger partial charge in [-0.1, -0.05) is 42.5 Å². The van der Waals surface area contributed by atoms with Crippen LogP contribution in [0.25, 0.3) is 22.3 Å². The first-order valence-corrected chi connectivity index (χ1v) is 8.28. The fourth-order valence-electron chi connectivity index (χ4n) is 3.04. The largest absolute Gasteiger partial charge is 0.497 e. The molecule has 0 radical (unpaired) electrons. The van der Waals surface area contributed by atoms with Crippen molar-refractivity contribution in [2.45, 2.75) is 6.42 Å². The Morgan fingerprint density at radius 2 is 1.28 bits per heavy atom. The Morgan fingerprint density at radius 1 is 0.720 bits per heavy atom. The Hall–Kier alpha value is -2.78. The molecule has 3 nitrogen and oxygen atoms in total. The van der Waals surface area contributed by atoms with Crippen LogP contribution in [0, 0.1) is 0 Å². The highest BCUT2D eigenvalue weighted by molar-refractivity contribution is 5.86. The van der Waals surface area contributed by atoms with Crippen LogP contribution >= 0.6 is 0 Å². The first-order valence-electron chi connectivity index (χ1n) is 8.28. The summed E-state index contributed by atoms with van der Waals surface area (Å²) < 4.78 is 10.5.